The summed E-state index contributed by atoms with van der Waals surface area (Å²) in [4.78, 5) is 0. The van der Waals surface area contributed by atoms with Gasteiger partial charge in [0.2, 0.25) is 0 Å². The van der Waals surface area contributed by atoms with Gasteiger partial charge in [0.1, 0.15) is 0 Å². The second-order valence-electron chi connectivity index (χ2n) is 12.6. The van der Waals surface area contributed by atoms with Gasteiger partial charge in [-0.25, -0.2) is 0 Å². The van der Waals surface area contributed by atoms with Gasteiger partial charge in [-0.15, -0.1) is 0 Å². The lowest BCUT2D eigenvalue weighted by Crippen LogP contribution is -1.99. The molecule has 0 aliphatic heterocycles. The fraction of sp³-hybridized carbons (Fsp3) is 1.00. The van der Waals surface area contributed by atoms with E-state index in [4.69, 9.17) is 5.11 Å². The number of aliphatic hydroxyl groups excluding tert-OH is 1. The molecule has 0 aromatic heterocycles. The predicted octanol–water partition coefficient (Wildman–Crippen LogP) is 13.8. The van der Waals surface area contributed by atoms with Gasteiger partial charge in [-0.05, 0) is 12.3 Å². The van der Waals surface area contributed by atoms with Gasteiger partial charge < -0.3 is 5.11 Å². The lowest BCUT2D eigenvalue weighted by atomic mass is 10.0. The summed E-state index contributed by atoms with van der Waals surface area (Å²) < 4.78 is 0. The molecule has 0 heterocycles. The average Bonchev–Trinajstić information content (AvgIpc) is 2.93. The monoisotopic (exact) mass is 539 g/mol. The first-order valence-electron chi connectivity index (χ1n) is 18.3. The Kier molecular flexibility index (Phi) is 41.3. The van der Waals surface area contributed by atoms with Crippen molar-refractivity contribution in [2.45, 2.75) is 227 Å². The van der Waals surface area contributed by atoms with Crippen molar-refractivity contribution in [2.24, 2.45) is 5.92 Å². The second kappa shape index (κ2) is 39.1. The van der Waals surface area contributed by atoms with Gasteiger partial charge in [-0.1, -0.05) is 220 Å². The Bertz CT molecular complexity index is 352. The van der Waals surface area contributed by atoms with Crippen LogP contribution < -0.4 is 0 Å². The fourth-order valence-corrected chi connectivity index (χ4v) is 5.40. The topological polar surface area (TPSA) is 20.2 Å². The molecule has 1 unspecified atom stereocenters. The van der Waals surface area contributed by atoms with E-state index in [0.717, 1.165) is 0 Å². The predicted molar refractivity (Wildman–Crippen MR) is 176 cm³/mol. The SMILES string of the molecule is CCCCCCCCCCCCCCCC.CCCCCCCCCCCCCCCCCCC(C)CO. The number of aliphatic hydroxyl groups is 1. The highest BCUT2D eigenvalue weighted by molar-refractivity contribution is 4.53. The van der Waals surface area contributed by atoms with Crippen LogP contribution in [0.15, 0.2) is 0 Å². The normalized spacial score (nSPS) is 11.9. The molecular weight excluding hydrogens is 460 g/mol. The van der Waals surface area contributed by atoms with E-state index in [1.165, 1.54) is 199 Å². The van der Waals surface area contributed by atoms with Gasteiger partial charge in [0.25, 0.3) is 0 Å². The van der Waals surface area contributed by atoms with Crippen LogP contribution in [0.1, 0.15) is 227 Å². The molecule has 0 aliphatic carbocycles. The highest BCUT2D eigenvalue weighted by atomic mass is 16.3. The third kappa shape index (κ3) is 40.5. The minimum absolute atomic E-state index is 0.360. The Balaban J connectivity index is 0. The molecule has 1 atom stereocenters. The molecule has 232 valence electrons. The summed E-state index contributed by atoms with van der Waals surface area (Å²) in [6.45, 7) is 9.37. The van der Waals surface area contributed by atoms with Crippen LogP contribution in [0.4, 0.5) is 0 Å². The van der Waals surface area contributed by atoms with Crippen molar-refractivity contribution < 1.29 is 5.11 Å². The Morgan fingerprint density at radius 3 is 0.684 bits per heavy atom. The van der Waals surface area contributed by atoms with Crippen LogP contribution in [0.3, 0.4) is 0 Å². The van der Waals surface area contributed by atoms with E-state index in [9.17, 15) is 0 Å². The van der Waals surface area contributed by atoms with E-state index in [1.54, 1.807) is 0 Å². The zero-order chi connectivity index (χ0) is 28.2. The quantitative estimate of drug-likeness (QED) is 0.0870. The molecule has 0 spiro atoms. The van der Waals surface area contributed by atoms with Crippen LogP contribution in [-0.2, 0) is 0 Å². The standard InChI is InChI=1S/C21H44O.C16H34/c1-3-4-5-6-7-8-9-10-11-12-13-14-15-16-17-18-19-21(2)20-22;1-3-5-7-9-11-13-15-16-14-12-10-8-6-4-2/h21-22H,3-20H2,1-2H3;3-16H2,1-2H3. The smallest absolute Gasteiger partial charge is 0.0456 e. The molecule has 0 bridgehead atoms. The Morgan fingerprint density at radius 2 is 0.500 bits per heavy atom. The molecule has 1 nitrogen and oxygen atoms in total. The van der Waals surface area contributed by atoms with Gasteiger partial charge in [0.15, 0.2) is 0 Å². The minimum atomic E-state index is 0.360. The summed E-state index contributed by atoms with van der Waals surface area (Å²) in [6.07, 6.45) is 44.5. The van der Waals surface area contributed by atoms with Crippen molar-refractivity contribution in [3.8, 4) is 0 Å². The first-order chi connectivity index (χ1) is 18.7. The summed E-state index contributed by atoms with van der Waals surface area (Å²) in [5.41, 5.74) is 0. The Morgan fingerprint density at radius 1 is 0.316 bits per heavy atom. The van der Waals surface area contributed by atoms with Crippen LogP contribution in [0, 0.1) is 5.92 Å². The van der Waals surface area contributed by atoms with E-state index in [2.05, 4.69) is 27.7 Å². The van der Waals surface area contributed by atoms with Crippen LogP contribution in [0.5, 0.6) is 0 Å². The number of hydrogen-bond donors (Lipinski definition) is 1. The Hall–Kier alpha value is -0.0400. The van der Waals surface area contributed by atoms with Crippen molar-refractivity contribution in [2.75, 3.05) is 6.61 Å². The van der Waals surface area contributed by atoms with Gasteiger partial charge >= 0.3 is 0 Å². The van der Waals surface area contributed by atoms with Gasteiger partial charge in [-0.3, -0.25) is 0 Å². The van der Waals surface area contributed by atoms with E-state index in [0.29, 0.717) is 12.5 Å². The molecule has 0 rings (SSSR count). The third-order valence-corrected chi connectivity index (χ3v) is 8.32. The lowest BCUT2D eigenvalue weighted by Gasteiger charge is -2.07. The summed E-state index contributed by atoms with van der Waals surface area (Å²) in [5.74, 6) is 0.506. The number of rotatable bonds is 31. The van der Waals surface area contributed by atoms with E-state index >= 15 is 0 Å². The molecule has 1 heteroatoms. The van der Waals surface area contributed by atoms with Crippen molar-refractivity contribution in [3.63, 3.8) is 0 Å². The molecular formula is C37H78O. The first kappa shape index (κ1) is 40.1. The Labute approximate surface area is 244 Å². The largest absolute Gasteiger partial charge is 0.396 e. The molecule has 0 fully saturated rings. The minimum Gasteiger partial charge on any atom is -0.396 e. The molecule has 0 saturated carbocycles. The van der Waals surface area contributed by atoms with Gasteiger partial charge in [-0.2, -0.15) is 0 Å². The molecule has 0 aromatic rings. The summed E-state index contributed by atoms with van der Waals surface area (Å²) in [5, 5.41) is 8.96. The maximum atomic E-state index is 8.96. The van der Waals surface area contributed by atoms with Crippen LogP contribution in [0.25, 0.3) is 0 Å². The van der Waals surface area contributed by atoms with E-state index in [1.807, 2.05) is 0 Å². The number of unbranched alkanes of at least 4 members (excludes halogenated alkanes) is 28. The van der Waals surface area contributed by atoms with Crippen molar-refractivity contribution in [3.05, 3.63) is 0 Å². The zero-order valence-corrected chi connectivity index (χ0v) is 27.7. The van der Waals surface area contributed by atoms with Crippen LogP contribution in [-0.4, -0.2) is 11.7 Å². The first-order valence-corrected chi connectivity index (χ1v) is 18.3. The van der Waals surface area contributed by atoms with Gasteiger partial charge in [0, 0.05) is 6.61 Å². The summed E-state index contributed by atoms with van der Waals surface area (Å²) in [7, 11) is 0. The maximum absolute atomic E-state index is 8.96. The molecule has 1 N–H and O–H groups in total. The van der Waals surface area contributed by atoms with Crippen molar-refractivity contribution >= 4 is 0 Å². The van der Waals surface area contributed by atoms with Crippen LogP contribution >= 0.6 is 0 Å². The third-order valence-electron chi connectivity index (χ3n) is 8.32. The van der Waals surface area contributed by atoms with E-state index < -0.39 is 0 Å². The molecule has 38 heavy (non-hydrogen) atoms. The highest BCUT2D eigenvalue weighted by Gasteiger charge is 1.99. The zero-order valence-electron chi connectivity index (χ0n) is 27.7. The van der Waals surface area contributed by atoms with E-state index in [-0.39, 0.29) is 0 Å². The average molecular weight is 539 g/mol. The van der Waals surface area contributed by atoms with Crippen molar-refractivity contribution in [1.82, 2.24) is 0 Å². The highest BCUT2D eigenvalue weighted by Crippen LogP contribution is 2.15. The van der Waals surface area contributed by atoms with Gasteiger partial charge in [0.05, 0.1) is 0 Å². The molecule has 0 amide bonds. The molecule has 0 aromatic carbocycles. The molecule has 0 saturated heterocycles. The summed E-state index contributed by atoms with van der Waals surface area (Å²) in [6, 6.07) is 0. The number of hydrogen-bond acceptors (Lipinski definition) is 1. The van der Waals surface area contributed by atoms with Crippen molar-refractivity contribution in [1.29, 1.82) is 0 Å². The second-order valence-corrected chi connectivity index (χ2v) is 12.6. The fourth-order valence-electron chi connectivity index (χ4n) is 5.40. The molecule has 0 radical (unpaired) electrons. The molecule has 0 aliphatic rings. The maximum Gasteiger partial charge on any atom is 0.0456 e. The summed E-state index contributed by atoms with van der Waals surface area (Å²) >= 11 is 0. The lowest BCUT2D eigenvalue weighted by molar-refractivity contribution is 0.227. The van der Waals surface area contributed by atoms with Crippen LogP contribution in [0.2, 0.25) is 0 Å².